The maximum Gasteiger partial charge on any atom is 0.203 e. The van der Waals surface area contributed by atoms with Crippen molar-refractivity contribution in [2.24, 2.45) is 11.8 Å². The summed E-state index contributed by atoms with van der Waals surface area (Å²) in [6.07, 6.45) is 5.26. The molecule has 0 aliphatic carbocycles. The zero-order chi connectivity index (χ0) is 11.5. The van der Waals surface area contributed by atoms with Gasteiger partial charge in [0.15, 0.2) is 5.82 Å². The summed E-state index contributed by atoms with van der Waals surface area (Å²) < 4.78 is 1.86. The Morgan fingerprint density at radius 2 is 2.19 bits per heavy atom. The SMILES string of the molecule is CC(C)C(C)CNc1nccn2cnnc12. The van der Waals surface area contributed by atoms with Gasteiger partial charge in [-0.3, -0.25) is 4.40 Å². The third-order valence-electron chi connectivity index (χ3n) is 2.95. The number of nitrogens with one attached hydrogen (secondary N) is 1. The van der Waals surface area contributed by atoms with E-state index in [9.17, 15) is 0 Å². The molecule has 0 aliphatic heterocycles. The Labute approximate surface area is 94.9 Å². The number of anilines is 1. The van der Waals surface area contributed by atoms with Gasteiger partial charge in [0.05, 0.1) is 0 Å². The van der Waals surface area contributed by atoms with E-state index in [0.29, 0.717) is 11.8 Å². The van der Waals surface area contributed by atoms with Crippen LogP contribution in [-0.4, -0.2) is 26.1 Å². The Bertz CT molecular complexity index is 462. The van der Waals surface area contributed by atoms with Crippen molar-refractivity contribution < 1.29 is 0 Å². The third kappa shape index (κ3) is 2.13. The van der Waals surface area contributed by atoms with Gasteiger partial charge < -0.3 is 5.32 Å². The van der Waals surface area contributed by atoms with Gasteiger partial charge in [-0.2, -0.15) is 0 Å². The normalized spacial score (nSPS) is 13.2. The molecule has 2 aromatic heterocycles. The number of fused-ring (bicyclic) bond motifs is 1. The molecule has 0 amide bonds. The van der Waals surface area contributed by atoms with Crippen LogP contribution in [0.2, 0.25) is 0 Å². The summed E-state index contributed by atoms with van der Waals surface area (Å²) in [5.41, 5.74) is 0.776. The van der Waals surface area contributed by atoms with Crippen LogP contribution in [0.5, 0.6) is 0 Å². The molecule has 0 radical (unpaired) electrons. The number of aromatic nitrogens is 4. The van der Waals surface area contributed by atoms with Crippen molar-refractivity contribution in [3.63, 3.8) is 0 Å². The molecule has 1 atom stereocenters. The van der Waals surface area contributed by atoms with Crippen molar-refractivity contribution in [2.45, 2.75) is 20.8 Å². The second-order valence-corrected chi connectivity index (χ2v) is 4.44. The van der Waals surface area contributed by atoms with Crippen LogP contribution in [0.4, 0.5) is 5.82 Å². The molecule has 0 saturated heterocycles. The van der Waals surface area contributed by atoms with Gasteiger partial charge in [0.2, 0.25) is 5.65 Å². The standard InChI is InChI=1S/C11H17N5/c1-8(2)9(3)6-13-10-11-15-14-7-16(11)5-4-12-10/h4-5,7-9H,6H2,1-3H3,(H,12,13). The monoisotopic (exact) mass is 219 g/mol. The van der Waals surface area contributed by atoms with Crippen molar-refractivity contribution in [1.82, 2.24) is 19.6 Å². The van der Waals surface area contributed by atoms with E-state index in [1.807, 2.05) is 10.6 Å². The summed E-state index contributed by atoms with van der Waals surface area (Å²) in [6.45, 7) is 7.56. The smallest absolute Gasteiger partial charge is 0.203 e. The average molecular weight is 219 g/mol. The maximum atomic E-state index is 4.28. The molecule has 0 aliphatic rings. The Balaban J connectivity index is 2.12. The Morgan fingerprint density at radius 3 is 2.94 bits per heavy atom. The van der Waals surface area contributed by atoms with Gasteiger partial charge in [0, 0.05) is 18.9 Å². The molecule has 0 spiro atoms. The van der Waals surface area contributed by atoms with Crippen LogP contribution in [0.15, 0.2) is 18.7 Å². The first-order chi connectivity index (χ1) is 7.68. The van der Waals surface area contributed by atoms with Gasteiger partial charge in [0.1, 0.15) is 6.33 Å². The highest BCUT2D eigenvalue weighted by atomic mass is 15.2. The second kappa shape index (κ2) is 4.47. The molecule has 2 aromatic rings. The minimum Gasteiger partial charge on any atom is -0.367 e. The van der Waals surface area contributed by atoms with Crippen molar-refractivity contribution in [3.05, 3.63) is 18.7 Å². The summed E-state index contributed by atoms with van der Waals surface area (Å²) in [5, 5.41) is 11.2. The predicted octanol–water partition coefficient (Wildman–Crippen LogP) is 1.83. The lowest BCUT2D eigenvalue weighted by atomic mass is 9.98. The lowest BCUT2D eigenvalue weighted by molar-refractivity contribution is 0.439. The van der Waals surface area contributed by atoms with Gasteiger partial charge >= 0.3 is 0 Å². The van der Waals surface area contributed by atoms with E-state index < -0.39 is 0 Å². The van der Waals surface area contributed by atoms with Gasteiger partial charge in [-0.05, 0) is 11.8 Å². The Hall–Kier alpha value is -1.65. The lowest BCUT2D eigenvalue weighted by Gasteiger charge is -2.16. The second-order valence-electron chi connectivity index (χ2n) is 4.44. The fourth-order valence-electron chi connectivity index (χ4n) is 1.38. The zero-order valence-electron chi connectivity index (χ0n) is 9.88. The molecule has 0 aromatic carbocycles. The number of nitrogens with zero attached hydrogens (tertiary/aromatic N) is 4. The fourth-order valence-corrected chi connectivity index (χ4v) is 1.38. The average Bonchev–Trinajstić information content (AvgIpc) is 2.73. The van der Waals surface area contributed by atoms with Gasteiger partial charge in [-0.1, -0.05) is 20.8 Å². The molecule has 0 saturated carbocycles. The molecule has 1 N–H and O–H groups in total. The van der Waals surface area contributed by atoms with E-state index >= 15 is 0 Å². The summed E-state index contributed by atoms with van der Waals surface area (Å²) >= 11 is 0. The molecule has 2 rings (SSSR count). The number of rotatable bonds is 4. The molecule has 5 heteroatoms. The number of hydrogen-bond acceptors (Lipinski definition) is 4. The third-order valence-corrected chi connectivity index (χ3v) is 2.95. The fraction of sp³-hybridized carbons (Fsp3) is 0.545. The maximum absolute atomic E-state index is 4.28. The van der Waals surface area contributed by atoms with Crippen LogP contribution in [0.3, 0.4) is 0 Å². The summed E-state index contributed by atoms with van der Waals surface area (Å²) in [7, 11) is 0. The van der Waals surface area contributed by atoms with Crippen molar-refractivity contribution in [3.8, 4) is 0 Å². The summed E-state index contributed by atoms with van der Waals surface area (Å²) in [6, 6.07) is 0. The quantitative estimate of drug-likeness (QED) is 0.852. The summed E-state index contributed by atoms with van der Waals surface area (Å²) in [4.78, 5) is 4.28. The molecular formula is C11H17N5. The molecule has 0 bridgehead atoms. The predicted molar refractivity (Wildman–Crippen MR) is 63.3 cm³/mol. The van der Waals surface area contributed by atoms with Crippen molar-refractivity contribution in [2.75, 3.05) is 11.9 Å². The van der Waals surface area contributed by atoms with Crippen LogP contribution >= 0.6 is 0 Å². The lowest BCUT2D eigenvalue weighted by Crippen LogP contribution is -2.17. The van der Waals surface area contributed by atoms with E-state index in [1.54, 1.807) is 12.5 Å². The first kappa shape index (κ1) is 10.9. The minimum absolute atomic E-state index is 0.602. The van der Waals surface area contributed by atoms with E-state index in [1.165, 1.54) is 0 Å². The topological polar surface area (TPSA) is 55.1 Å². The first-order valence-corrected chi connectivity index (χ1v) is 5.56. The molecular weight excluding hydrogens is 202 g/mol. The van der Waals surface area contributed by atoms with Gasteiger partial charge in [-0.15, -0.1) is 10.2 Å². The molecule has 1 unspecified atom stereocenters. The van der Waals surface area contributed by atoms with Crippen LogP contribution in [-0.2, 0) is 0 Å². The van der Waals surface area contributed by atoms with E-state index in [0.717, 1.165) is 18.0 Å². The van der Waals surface area contributed by atoms with Gasteiger partial charge in [-0.25, -0.2) is 4.98 Å². The zero-order valence-corrected chi connectivity index (χ0v) is 9.88. The highest BCUT2D eigenvalue weighted by molar-refractivity contribution is 5.61. The minimum atomic E-state index is 0.602. The Kier molecular flexibility index (Phi) is 3.03. The number of hydrogen-bond donors (Lipinski definition) is 1. The first-order valence-electron chi connectivity index (χ1n) is 5.56. The van der Waals surface area contributed by atoms with Crippen molar-refractivity contribution in [1.29, 1.82) is 0 Å². The molecule has 0 fully saturated rings. The van der Waals surface area contributed by atoms with Crippen LogP contribution < -0.4 is 5.32 Å². The molecule has 16 heavy (non-hydrogen) atoms. The van der Waals surface area contributed by atoms with E-state index in [2.05, 4.69) is 41.3 Å². The highest BCUT2D eigenvalue weighted by Gasteiger charge is 2.09. The highest BCUT2D eigenvalue weighted by Crippen LogP contribution is 2.13. The van der Waals surface area contributed by atoms with Gasteiger partial charge in [0.25, 0.3) is 0 Å². The van der Waals surface area contributed by atoms with Crippen LogP contribution in [0, 0.1) is 11.8 Å². The molecule has 2 heterocycles. The van der Waals surface area contributed by atoms with E-state index in [4.69, 9.17) is 0 Å². The largest absolute Gasteiger partial charge is 0.367 e. The van der Waals surface area contributed by atoms with Crippen LogP contribution in [0.1, 0.15) is 20.8 Å². The Morgan fingerprint density at radius 1 is 1.38 bits per heavy atom. The molecule has 5 nitrogen and oxygen atoms in total. The molecule has 86 valence electrons. The van der Waals surface area contributed by atoms with Crippen molar-refractivity contribution >= 4 is 11.5 Å². The van der Waals surface area contributed by atoms with E-state index in [-0.39, 0.29) is 0 Å². The van der Waals surface area contributed by atoms with Crippen LogP contribution in [0.25, 0.3) is 5.65 Å². The summed E-state index contributed by atoms with van der Waals surface area (Å²) in [5.74, 6) is 2.06.